The number of carbonyl (C=O) groups excluding carboxylic acids is 1. The number of likely N-dealkylation sites (tertiary alicyclic amines) is 1. The fourth-order valence-corrected chi connectivity index (χ4v) is 3.37. The number of methoxy groups -OCH3 is 1. The highest BCUT2D eigenvalue weighted by Crippen LogP contribution is 2.32. The van der Waals surface area contributed by atoms with E-state index < -0.39 is 5.54 Å². The fourth-order valence-electron chi connectivity index (χ4n) is 3.37. The van der Waals surface area contributed by atoms with Crippen LogP contribution in [0.15, 0.2) is 48.5 Å². The van der Waals surface area contributed by atoms with Crippen LogP contribution in [0.2, 0.25) is 0 Å². The SMILES string of the molecule is COc1ccccc1-c1cccc(NC(=O)N2CCC[C@]2(C)CO)c1. The largest absolute Gasteiger partial charge is 0.496 e. The number of carbonyl (C=O) groups is 1. The zero-order valence-electron chi connectivity index (χ0n) is 14.7. The second-order valence-corrected chi connectivity index (χ2v) is 6.62. The third-order valence-corrected chi connectivity index (χ3v) is 4.87. The molecule has 1 atom stereocenters. The van der Waals surface area contributed by atoms with Gasteiger partial charge < -0.3 is 20.1 Å². The standard InChI is InChI=1S/C20H24N2O3/c1-20(14-23)11-6-12-22(20)19(24)21-16-8-5-7-15(13-16)17-9-3-4-10-18(17)25-2/h3-5,7-10,13,23H,6,11-12,14H2,1-2H3,(H,21,24)/t20-/m1/s1. The van der Waals surface area contributed by atoms with Crippen LogP contribution in [0, 0.1) is 0 Å². The van der Waals surface area contributed by atoms with Gasteiger partial charge in [-0.25, -0.2) is 4.79 Å². The van der Waals surface area contributed by atoms with Gasteiger partial charge in [0.05, 0.1) is 19.3 Å². The van der Waals surface area contributed by atoms with E-state index in [0.717, 1.165) is 35.4 Å². The maximum absolute atomic E-state index is 12.6. The molecular weight excluding hydrogens is 316 g/mol. The second kappa shape index (κ2) is 7.15. The molecule has 0 radical (unpaired) electrons. The van der Waals surface area contributed by atoms with Gasteiger partial charge in [-0.2, -0.15) is 0 Å². The zero-order chi connectivity index (χ0) is 17.9. The number of aliphatic hydroxyl groups excluding tert-OH is 1. The molecule has 2 amide bonds. The first-order valence-electron chi connectivity index (χ1n) is 8.50. The van der Waals surface area contributed by atoms with E-state index in [2.05, 4.69) is 5.32 Å². The van der Waals surface area contributed by atoms with Gasteiger partial charge in [0.25, 0.3) is 0 Å². The summed E-state index contributed by atoms with van der Waals surface area (Å²) < 4.78 is 5.42. The third-order valence-electron chi connectivity index (χ3n) is 4.87. The lowest BCUT2D eigenvalue weighted by molar-refractivity contribution is 0.104. The summed E-state index contributed by atoms with van der Waals surface area (Å²) in [6, 6.07) is 15.3. The van der Waals surface area contributed by atoms with Crippen LogP contribution in [0.3, 0.4) is 0 Å². The molecule has 132 valence electrons. The molecule has 0 bridgehead atoms. The third kappa shape index (κ3) is 3.46. The van der Waals surface area contributed by atoms with Crippen molar-refractivity contribution < 1.29 is 14.6 Å². The van der Waals surface area contributed by atoms with Crippen LogP contribution in [-0.4, -0.2) is 41.8 Å². The van der Waals surface area contributed by atoms with Crippen LogP contribution in [0.25, 0.3) is 11.1 Å². The highest BCUT2D eigenvalue weighted by molar-refractivity contribution is 5.91. The minimum atomic E-state index is -0.482. The summed E-state index contributed by atoms with van der Waals surface area (Å²) in [7, 11) is 1.65. The number of benzene rings is 2. The molecule has 0 aliphatic carbocycles. The molecule has 5 nitrogen and oxygen atoms in total. The Hall–Kier alpha value is -2.53. The molecule has 2 N–H and O–H groups in total. The summed E-state index contributed by atoms with van der Waals surface area (Å²) in [6.07, 6.45) is 1.73. The predicted molar refractivity (Wildman–Crippen MR) is 98.9 cm³/mol. The van der Waals surface area contributed by atoms with Gasteiger partial charge in [-0.05, 0) is 43.5 Å². The van der Waals surface area contributed by atoms with Gasteiger partial charge in [-0.15, -0.1) is 0 Å². The van der Waals surface area contributed by atoms with Gasteiger partial charge in [0.2, 0.25) is 0 Å². The average molecular weight is 340 g/mol. The number of nitrogens with one attached hydrogen (secondary N) is 1. The Morgan fingerprint density at radius 2 is 2.08 bits per heavy atom. The molecule has 1 fully saturated rings. The number of hydrogen-bond donors (Lipinski definition) is 2. The maximum atomic E-state index is 12.6. The number of nitrogens with zero attached hydrogens (tertiary/aromatic N) is 1. The first-order chi connectivity index (χ1) is 12.1. The van der Waals surface area contributed by atoms with E-state index in [0.29, 0.717) is 6.54 Å². The van der Waals surface area contributed by atoms with Crippen molar-refractivity contribution in [3.8, 4) is 16.9 Å². The summed E-state index contributed by atoms with van der Waals surface area (Å²) in [5.41, 5.74) is 2.19. The number of rotatable bonds is 4. The molecule has 25 heavy (non-hydrogen) atoms. The molecule has 3 rings (SSSR count). The molecule has 1 aliphatic heterocycles. The summed E-state index contributed by atoms with van der Waals surface area (Å²) in [5, 5.41) is 12.6. The van der Waals surface area contributed by atoms with E-state index >= 15 is 0 Å². The van der Waals surface area contributed by atoms with Crippen LogP contribution in [0.4, 0.5) is 10.5 Å². The molecule has 1 saturated heterocycles. The lowest BCUT2D eigenvalue weighted by atomic mass is 10.0. The molecule has 2 aromatic rings. The lowest BCUT2D eigenvalue weighted by Crippen LogP contribution is -2.49. The number of anilines is 1. The molecule has 0 spiro atoms. The number of ether oxygens (including phenoxy) is 1. The highest BCUT2D eigenvalue weighted by atomic mass is 16.5. The Balaban J connectivity index is 1.82. The van der Waals surface area contributed by atoms with Gasteiger partial charge in [0, 0.05) is 17.8 Å². The predicted octanol–water partition coefficient (Wildman–Crippen LogP) is 3.74. The van der Waals surface area contributed by atoms with Crippen molar-refractivity contribution in [1.29, 1.82) is 0 Å². The van der Waals surface area contributed by atoms with E-state index in [9.17, 15) is 9.90 Å². The minimum absolute atomic E-state index is 0.0261. The van der Waals surface area contributed by atoms with Crippen molar-refractivity contribution in [3.05, 3.63) is 48.5 Å². The van der Waals surface area contributed by atoms with Crippen LogP contribution >= 0.6 is 0 Å². The highest BCUT2D eigenvalue weighted by Gasteiger charge is 2.39. The Bertz CT molecular complexity index is 762. The Labute approximate surface area is 148 Å². The second-order valence-electron chi connectivity index (χ2n) is 6.62. The van der Waals surface area contributed by atoms with Crippen LogP contribution in [0.1, 0.15) is 19.8 Å². The van der Waals surface area contributed by atoms with Crippen LogP contribution < -0.4 is 10.1 Å². The summed E-state index contributed by atoms with van der Waals surface area (Å²) in [6.45, 7) is 2.56. The number of amides is 2. The molecule has 0 unspecified atom stereocenters. The zero-order valence-corrected chi connectivity index (χ0v) is 14.7. The van der Waals surface area contributed by atoms with Gasteiger partial charge >= 0.3 is 6.03 Å². The quantitative estimate of drug-likeness (QED) is 0.891. The number of para-hydroxylation sites is 1. The van der Waals surface area contributed by atoms with Crippen molar-refractivity contribution >= 4 is 11.7 Å². The van der Waals surface area contributed by atoms with Crippen LogP contribution in [0.5, 0.6) is 5.75 Å². The summed E-state index contributed by atoms with van der Waals surface area (Å²) in [5.74, 6) is 0.790. The number of hydrogen-bond acceptors (Lipinski definition) is 3. The van der Waals surface area contributed by atoms with Crippen molar-refractivity contribution in [2.45, 2.75) is 25.3 Å². The smallest absolute Gasteiger partial charge is 0.322 e. The minimum Gasteiger partial charge on any atom is -0.496 e. The van der Waals surface area contributed by atoms with Crippen LogP contribution in [-0.2, 0) is 0 Å². The first kappa shape index (κ1) is 17.3. The lowest BCUT2D eigenvalue weighted by Gasteiger charge is -2.33. The van der Waals surface area contributed by atoms with Crippen molar-refractivity contribution in [2.75, 3.05) is 25.6 Å². The molecule has 0 aromatic heterocycles. The van der Waals surface area contributed by atoms with E-state index in [1.807, 2.05) is 55.5 Å². The molecule has 1 heterocycles. The maximum Gasteiger partial charge on any atom is 0.322 e. The van der Waals surface area contributed by atoms with E-state index in [4.69, 9.17) is 4.74 Å². The molecular formula is C20H24N2O3. The van der Waals surface area contributed by atoms with E-state index in [1.165, 1.54) is 0 Å². The summed E-state index contributed by atoms with van der Waals surface area (Å²) >= 11 is 0. The van der Waals surface area contributed by atoms with Crippen molar-refractivity contribution in [3.63, 3.8) is 0 Å². The number of urea groups is 1. The average Bonchev–Trinajstić information content (AvgIpc) is 3.04. The van der Waals surface area contributed by atoms with Gasteiger partial charge in [-0.3, -0.25) is 0 Å². The Morgan fingerprint density at radius 1 is 1.28 bits per heavy atom. The molecule has 2 aromatic carbocycles. The monoisotopic (exact) mass is 340 g/mol. The van der Waals surface area contributed by atoms with Crippen molar-refractivity contribution in [1.82, 2.24) is 4.90 Å². The fraction of sp³-hybridized carbons (Fsp3) is 0.350. The molecule has 1 aliphatic rings. The van der Waals surface area contributed by atoms with E-state index in [-0.39, 0.29) is 12.6 Å². The van der Waals surface area contributed by atoms with Gasteiger partial charge in [-0.1, -0.05) is 30.3 Å². The molecule has 5 heteroatoms. The number of aliphatic hydroxyl groups is 1. The Kier molecular flexibility index (Phi) is 4.95. The van der Waals surface area contributed by atoms with Gasteiger partial charge in [0.1, 0.15) is 5.75 Å². The molecule has 0 saturated carbocycles. The van der Waals surface area contributed by atoms with E-state index in [1.54, 1.807) is 12.0 Å². The van der Waals surface area contributed by atoms with Crippen molar-refractivity contribution in [2.24, 2.45) is 0 Å². The normalized spacial score (nSPS) is 19.7. The Morgan fingerprint density at radius 3 is 2.84 bits per heavy atom. The topological polar surface area (TPSA) is 61.8 Å². The first-order valence-corrected chi connectivity index (χ1v) is 8.50. The summed E-state index contributed by atoms with van der Waals surface area (Å²) in [4.78, 5) is 14.4. The van der Waals surface area contributed by atoms with Gasteiger partial charge in [0.15, 0.2) is 0 Å².